The maximum atomic E-state index is 12.3. The number of nitrogens with zero attached hydrogens (tertiary/aromatic N) is 1. The first-order valence-electron chi connectivity index (χ1n) is 5.74. The SMILES string of the molecule is CN(C(=O)c1cccc(S(C)(=O)=O)c1)C(C)(C)CBr. The molecule has 0 fully saturated rings. The van der Waals surface area contributed by atoms with E-state index in [0.29, 0.717) is 10.9 Å². The lowest BCUT2D eigenvalue weighted by molar-refractivity contribution is 0.0663. The van der Waals surface area contributed by atoms with Crippen molar-refractivity contribution >= 4 is 31.7 Å². The quantitative estimate of drug-likeness (QED) is 0.785. The monoisotopic (exact) mass is 347 g/mol. The molecular weight excluding hydrogens is 330 g/mol. The first kappa shape index (κ1) is 16.2. The molecule has 0 aromatic heterocycles. The maximum absolute atomic E-state index is 12.3. The molecule has 0 bridgehead atoms. The van der Waals surface area contributed by atoms with Gasteiger partial charge in [0.2, 0.25) is 0 Å². The second kappa shape index (κ2) is 5.63. The van der Waals surface area contributed by atoms with Crippen LogP contribution in [-0.2, 0) is 9.84 Å². The Hall–Kier alpha value is -0.880. The molecule has 6 heteroatoms. The molecule has 0 saturated heterocycles. The van der Waals surface area contributed by atoms with Gasteiger partial charge in [-0.3, -0.25) is 4.79 Å². The summed E-state index contributed by atoms with van der Waals surface area (Å²) in [7, 11) is -1.60. The first-order chi connectivity index (χ1) is 8.59. The summed E-state index contributed by atoms with van der Waals surface area (Å²) in [6.07, 6.45) is 1.13. The van der Waals surface area contributed by atoms with Gasteiger partial charge in [0.25, 0.3) is 5.91 Å². The Kier molecular flexibility index (Phi) is 4.79. The number of carbonyl (C=O) groups is 1. The average molecular weight is 348 g/mol. The largest absolute Gasteiger partial charge is 0.336 e. The average Bonchev–Trinajstić information content (AvgIpc) is 2.36. The molecule has 0 N–H and O–H groups in total. The van der Waals surface area contributed by atoms with Crippen molar-refractivity contribution in [1.29, 1.82) is 0 Å². The number of sulfone groups is 1. The van der Waals surface area contributed by atoms with Crippen LogP contribution >= 0.6 is 15.9 Å². The molecule has 4 nitrogen and oxygen atoms in total. The number of benzene rings is 1. The number of rotatable bonds is 4. The van der Waals surface area contributed by atoms with E-state index in [1.54, 1.807) is 24.1 Å². The van der Waals surface area contributed by atoms with Gasteiger partial charge < -0.3 is 4.90 Å². The van der Waals surface area contributed by atoms with Crippen molar-refractivity contribution in [3.8, 4) is 0 Å². The van der Waals surface area contributed by atoms with Crippen LogP contribution in [0, 0.1) is 0 Å². The lowest BCUT2D eigenvalue weighted by Crippen LogP contribution is -2.46. The van der Waals surface area contributed by atoms with Gasteiger partial charge in [0, 0.05) is 29.7 Å². The van der Waals surface area contributed by atoms with E-state index in [1.165, 1.54) is 12.1 Å². The molecule has 0 radical (unpaired) electrons. The van der Waals surface area contributed by atoms with Crippen LogP contribution in [0.4, 0.5) is 0 Å². The van der Waals surface area contributed by atoms with Gasteiger partial charge in [-0.2, -0.15) is 0 Å². The molecule has 0 heterocycles. The van der Waals surface area contributed by atoms with E-state index in [2.05, 4.69) is 15.9 Å². The second-order valence-corrected chi connectivity index (χ2v) is 7.69. The van der Waals surface area contributed by atoms with Crippen molar-refractivity contribution in [1.82, 2.24) is 4.90 Å². The topological polar surface area (TPSA) is 54.5 Å². The van der Waals surface area contributed by atoms with E-state index < -0.39 is 9.84 Å². The zero-order valence-corrected chi connectivity index (χ0v) is 13.9. The highest BCUT2D eigenvalue weighted by Crippen LogP contribution is 2.19. The summed E-state index contributed by atoms with van der Waals surface area (Å²) in [4.78, 5) is 14.1. The summed E-state index contributed by atoms with van der Waals surface area (Å²) in [5.74, 6) is -0.199. The van der Waals surface area contributed by atoms with Crippen molar-refractivity contribution in [2.45, 2.75) is 24.3 Å². The van der Waals surface area contributed by atoms with Crippen LogP contribution in [-0.4, -0.2) is 43.4 Å². The zero-order chi connectivity index (χ0) is 14.8. The third kappa shape index (κ3) is 3.79. The zero-order valence-electron chi connectivity index (χ0n) is 11.5. The molecule has 1 aromatic rings. The van der Waals surface area contributed by atoms with Crippen LogP contribution in [0.3, 0.4) is 0 Å². The van der Waals surface area contributed by atoms with Gasteiger partial charge >= 0.3 is 0 Å². The molecule has 0 unspecified atom stereocenters. The molecule has 0 aliphatic heterocycles. The van der Waals surface area contributed by atoms with Crippen LogP contribution in [0.15, 0.2) is 29.2 Å². The number of alkyl halides is 1. The first-order valence-corrected chi connectivity index (χ1v) is 8.75. The minimum absolute atomic E-state index is 0.156. The fourth-order valence-electron chi connectivity index (χ4n) is 1.42. The number of hydrogen-bond acceptors (Lipinski definition) is 3. The van der Waals surface area contributed by atoms with Gasteiger partial charge in [-0.1, -0.05) is 22.0 Å². The summed E-state index contributed by atoms with van der Waals surface area (Å²) in [5.41, 5.74) is 0.0255. The standard InChI is InChI=1S/C13H18BrNO3S/c1-13(2,9-14)15(3)12(16)10-6-5-7-11(8-10)19(4,17)18/h5-8H,9H2,1-4H3. The van der Waals surface area contributed by atoms with Crippen molar-refractivity contribution in [2.75, 3.05) is 18.6 Å². The molecule has 19 heavy (non-hydrogen) atoms. The minimum atomic E-state index is -3.31. The fourth-order valence-corrected chi connectivity index (χ4v) is 2.46. The predicted octanol–water partition coefficient (Wildman–Crippen LogP) is 2.34. The van der Waals surface area contributed by atoms with E-state index in [4.69, 9.17) is 0 Å². The van der Waals surface area contributed by atoms with Crippen LogP contribution in [0.5, 0.6) is 0 Å². The van der Waals surface area contributed by atoms with Crippen molar-refractivity contribution in [2.24, 2.45) is 0 Å². The summed E-state index contributed by atoms with van der Waals surface area (Å²) in [6.45, 7) is 3.86. The minimum Gasteiger partial charge on any atom is -0.336 e. The van der Waals surface area contributed by atoms with Gasteiger partial charge in [0.05, 0.1) is 4.90 Å². The van der Waals surface area contributed by atoms with Crippen molar-refractivity contribution < 1.29 is 13.2 Å². The van der Waals surface area contributed by atoms with Gasteiger partial charge in [0.15, 0.2) is 9.84 Å². The van der Waals surface area contributed by atoms with Gasteiger partial charge in [-0.25, -0.2) is 8.42 Å². The molecule has 1 rings (SSSR count). The third-order valence-electron chi connectivity index (χ3n) is 3.05. The van der Waals surface area contributed by atoms with E-state index in [9.17, 15) is 13.2 Å². The molecule has 0 atom stereocenters. The second-order valence-electron chi connectivity index (χ2n) is 5.11. The Morgan fingerprint density at radius 1 is 1.37 bits per heavy atom. The normalized spacial score (nSPS) is 12.3. The summed E-state index contributed by atoms with van der Waals surface area (Å²) < 4.78 is 23.0. The smallest absolute Gasteiger partial charge is 0.254 e. The fraction of sp³-hybridized carbons (Fsp3) is 0.462. The molecule has 106 valence electrons. The van der Waals surface area contributed by atoms with Gasteiger partial charge in [0.1, 0.15) is 0 Å². The maximum Gasteiger partial charge on any atom is 0.254 e. The van der Waals surface area contributed by atoms with Crippen LogP contribution in [0.2, 0.25) is 0 Å². The van der Waals surface area contributed by atoms with Gasteiger partial charge in [-0.15, -0.1) is 0 Å². The van der Waals surface area contributed by atoms with E-state index in [-0.39, 0.29) is 16.3 Å². The Morgan fingerprint density at radius 2 is 1.95 bits per heavy atom. The molecule has 1 aromatic carbocycles. The molecule has 1 amide bonds. The lowest BCUT2D eigenvalue weighted by Gasteiger charge is -2.34. The highest BCUT2D eigenvalue weighted by molar-refractivity contribution is 9.09. The lowest BCUT2D eigenvalue weighted by atomic mass is 10.1. The number of hydrogen-bond donors (Lipinski definition) is 0. The number of carbonyl (C=O) groups excluding carboxylic acids is 1. The Morgan fingerprint density at radius 3 is 2.42 bits per heavy atom. The number of amides is 1. The Labute approximate surface area is 122 Å². The molecular formula is C13H18BrNO3S. The Balaban J connectivity index is 3.15. The molecule has 0 aliphatic rings. The van der Waals surface area contributed by atoms with Crippen LogP contribution < -0.4 is 0 Å². The van der Waals surface area contributed by atoms with E-state index in [0.717, 1.165) is 6.26 Å². The van der Waals surface area contributed by atoms with Crippen LogP contribution in [0.25, 0.3) is 0 Å². The predicted molar refractivity (Wildman–Crippen MR) is 79.5 cm³/mol. The molecule has 0 aliphatic carbocycles. The van der Waals surface area contributed by atoms with Gasteiger partial charge in [-0.05, 0) is 32.0 Å². The highest BCUT2D eigenvalue weighted by Gasteiger charge is 2.27. The Bertz CT molecular complexity index is 581. The molecule has 0 spiro atoms. The summed E-state index contributed by atoms with van der Waals surface area (Å²) in [6, 6.07) is 6.11. The number of halogens is 1. The van der Waals surface area contributed by atoms with E-state index in [1.807, 2.05) is 13.8 Å². The van der Waals surface area contributed by atoms with Crippen LogP contribution in [0.1, 0.15) is 24.2 Å². The molecule has 0 saturated carbocycles. The van der Waals surface area contributed by atoms with Crippen molar-refractivity contribution in [3.63, 3.8) is 0 Å². The van der Waals surface area contributed by atoms with E-state index >= 15 is 0 Å². The summed E-state index contributed by atoms with van der Waals surface area (Å²) >= 11 is 3.37. The summed E-state index contributed by atoms with van der Waals surface area (Å²) in [5, 5.41) is 0.633. The third-order valence-corrected chi connectivity index (χ3v) is 5.53. The highest BCUT2D eigenvalue weighted by atomic mass is 79.9. The van der Waals surface area contributed by atoms with Crippen molar-refractivity contribution in [3.05, 3.63) is 29.8 Å².